The molecule has 0 aromatic rings. The Bertz CT molecular complexity index is 135. The minimum absolute atomic E-state index is 0.545. The monoisotopic (exact) mass is 250 g/mol. The van der Waals surface area contributed by atoms with Crippen LogP contribution in [0.3, 0.4) is 0 Å². The predicted molar refractivity (Wildman–Crippen MR) is 65.0 cm³/mol. The normalized spacial score (nSPS) is 16.2. The van der Waals surface area contributed by atoms with Crippen molar-refractivity contribution in [2.75, 3.05) is 5.33 Å². The van der Waals surface area contributed by atoms with E-state index in [1.54, 1.807) is 0 Å². The first-order valence-corrected chi connectivity index (χ1v) is 9.09. The Kier molecular flexibility index (Phi) is 4.52. The summed E-state index contributed by atoms with van der Waals surface area (Å²) in [6, 6.07) is 1.43. The van der Waals surface area contributed by atoms with E-state index in [2.05, 4.69) is 56.7 Å². The molecule has 2 heteroatoms. The van der Waals surface area contributed by atoms with Gasteiger partial charge < -0.3 is 0 Å². The molecule has 0 aliphatic carbocycles. The third-order valence-electron chi connectivity index (χ3n) is 3.15. The van der Waals surface area contributed by atoms with Gasteiger partial charge in [0.05, 0.1) is 8.07 Å². The van der Waals surface area contributed by atoms with Gasteiger partial charge in [-0.25, -0.2) is 0 Å². The van der Waals surface area contributed by atoms with Gasteiger partial charge in [-0.05, 0) is 11.0 Å². The predicted octanol–water partition coefficient (Wildman–Crippen LogP) is 4.53. The quantitative estimate of drug-likeness (QED) is 0.511. The van der Waals surface area contributed by atoms with Gasteiger partial charge in [0.2, 0.25) is 0 Å². The summed E-state index contributed by atoms with van der Waals surface area (Å²) in [5.41, 5.74) is 0. The third kappa shape index (κ3) is 3.61. The van der Waals surface area contributed by atoms with Gasteiger partial charge in [0.1, 0.15) is 0 Å². The first-order valence-electron chi connectivity index (χ1n) is 4.76. The molecule has 74 valence electrons. The Hall–Kier alpha value is 0.697. The second-order valence-corrected chi connectivity index (χ2v) is 11.9. The highest BCUT2D eigenvalue weighted by Crippen LogP contribution is 2.40. The maximum Gasteiger partial charge on any atom is 0.0530 e. The molecule has 0 aliphatic heterocycles. The van der Waals surface area contributed by atoms with Crippen LogP contribution in [0, 0.1) is 5.92 Å². The smallest absolute Gasteiger partial charge is 0.0530 e. The molecule has 0 fully saturated rings. The van der Waals surface area contributed by atoms with Crippen molar-refractivity contribution in [3.63, 3.8) is 0 Å². The fraction of sp³-hybridized carbons (Fsp3) is 1.00. The molecule has 0 aromatic carbocycles. The van der Waals surface area contributed by atoms with E-state index in [-0.39, 0.29) is 0 Å². The van der Waals surface area contributed by atoms with Crippen LogP contribution in [0.4, 0.5) is 0 Å². The van der Waals surface area contributed by atoms with Gasteiger partial charge >= 0.3 is 0 Å². The summed E-state index contributed by atoms with van der Waals surface area (Å²) in [5.74, 6) is 0.839. The summed E-state index contributed by atoms with van der Waals surface area (Å²) in [6.45, 7) is 14.5. The number of hydrogen-bond donors (Lipinski definition) is 0. The first kappa shape index (κ1) is 12.7. The highest BCUT2D eigenvalue weighted by Gasteiger charge is 2.35. The van der Waals surface area contributed by atoms with E-state index in [9.17, 15) is 0 Å². The van der Waals surface area contributed by atoms with Crippen LogP contribution >= 0.6 is 15.9 Å². The Morgan fingerprint density at radius 1 is 1.25 bits per heavy atom. The van der Waals surface area contributed by atoms with Crippen molar-refractivity contribution in [2.24, 2.45) is 5.92 Å². The highest BCUT2D eigenvalue weighted by molar-refractivity contribution is 9.09. The Morgan fingerprint density at radius 3 is 1.92 bits per heavy atom. The number of rotatable bonds is 3. The molecule has 0 nitrogen and oxygen atoms in total. The highest BCUT2D eigenvalue weighted by atomic mass is 79.9. The number of halogens is 1. The second-order valence-electron chi connectivity index (χ2n) is 5.60. The summed E-state index contributed by atoms with van der Waals surface area (Å²) >= 11 is 3.56. The SMILES string of the molecule is C[C@@H](CBr)C[Si](C)(C)C(C)(C)C. The molecule has 0 N–H and O–H groups in total. The maximum atomic E-state index is 3.56. The fourth-order valence-electron chi connectivity index (χ4n) is 1.23. The van der Waals surface area contributed by atoms with Crippen LogP contribution in [0.5, 0.6) is 0 Å². The molecule has 0 saturated carbocycles. The summed E-state index contributed by atoms with van der Waals surface area (Å²) < 4.78 is 0. The number of alkyl halides is 1. The molecule has 0 amide bonds. The molecule has 0 unspecified atom stereocenters. The summed E-state index contributed by atoms with van der Waals surface area (Å²) in [7, 11) is -1.02. The van der Waals surface area contributed by atoms with Crippen LogP contribution in [-0.4, -0.2) is 13.4 Å². The van der Waals surface area contributed by atoms with Crippen molar-refractivity contribution in [1.29, 1.82) is 0 Å². The minimum Gasteiger partial charge on any atom is -0.0925 e. The molecule has 0 bridgehead atoms. The van der Waals surface area contributed by atoms with Crippen molar-refractivity contribution in [3.8, 4) is 0 Å². The Morgan fingerprint density at radius 2 is 1.67 bits per heavy atom. The maximum absolute atomic E-state index is 3.56. The van der Waals surface area contributed by atoms with Gasteiger partial charge in [-0.1, -0.05) is 62.8 Å². The Balaban J connectivity index is 4.22. The van der Waals surface area contributed by atoms with Crippen LogP contribution in [-0.2, 0) is 0 Å². The molecule has 0 saturated heterocycles. The summed E-state index contributed by atoms with van der Waals surface area (Å²) in [6.07, 6.45) is 0. The van der Waals surface area contributed by atoms with Gasteiger partial charge in [-0.2, -0.15) is 0 Å². The van der Waals surface area contributed by atoms with Crippen LogP contribution in [0.15, 0.2) is 0 Å². The lowest BCUT2D eigenvalue weighted by Gasteiger charge is -2.38. The lowest BCUT2D eigenvalue weighted by atomic mass is 10.2. The lowest BCUT2D eigenvalue weighted by molar-refractivity contribution is 0.666. The second kappa shape index (κ2) is 4.27. The molecular formula is C10H23BrSi. The molecule has 0 heterocycles. The van der Waals surface area contributed by atoms with Crippen LogP contribution in [0.25, 0.3) is 0 Å². The molecule has 1 atom stereocenters. The molecule has 0 aromatic heterocycles. The summed E-state index contributed by atoms with van der Waals surface area (Å²) in [4.78, 5) is 0. The molecular weight excluding hydrogens is 228 g/mol. The lowest BCUT2D eigenvalue weighted by Crippen LogP contribution is -2.38. The van der Waals surface area contributed by atoms with Gasteiger partial charge in [-0.3, -0.25) is 0 Å². The van der Waals surface area contributed by atoms with E-state index in [1.165, 1.54) is 6.04 Å². The zero-order valence-corrected chi connectivity index (χ0v) is 12.0. The van der Waals surface area contributed by atoms with Crippen LogP contribution < -0.4 is 0 Å². The average molecular weight is 251 g/mol. The topological polar surface area (TPSA) is 0 Å². The summed E-state index contributed by atoms with van der Waals surface area (Å²) in [5, 5.41) is 1.70. The van der Waals surface area contributed by atoms with Gasteiger partial charge in [0.25, 0.3) is 0 Å². The van der Waals surface area contributed by atoms with Gasteiger partial charge in [-0.15, -0.1) is 0 Å². The van der Waals surface area contributed by atoms with Crippen molar-refractivity contribution in [2.45, 2.75) is 51.9 Å². The van der Waals surface area contributed by atoms with Crippen molar-refractivity contribution in [1.82, 2.24) is 0 Å². The first-order chi connectivity index (χ1) is 5.20. The standard InChI is InChI=1S/C10H23BrSi/c1-9(7-11)8-12(5,6)10(2,3)4/h9H,7-8H2,1-6H3/t9-/m0/s1. The van der Waals surface area contributed by atoms with Crippen molar-refractivity contribution < 1.29 is 0 Å². The van der Waals surface area contributed by atoms with Gasteiger partial charge in [0.15, 0.2) is 0 Å². The van der Waals surface area contributed by atoms with Crippen molar-refractivity contribution in [3.05, 3.63) is 0 Å². The van der Waals surface area contributed by atoms with Gasteiger partial charge in [0, 0.05) is 5.33 Å². The zero-order valence-electron chi connectivity index (χ0n) is 9.37. The molecule has 12 heavy (non-hydrogen) atoms. The van der Waals surface area contributed by atoms with E-state index in [1.807, 2.05) is 0 Å². The van der Waals surface area contributed by atoms with E-state index in [4.69, 9.17) is 0 Å². The molecule has 0 radical (unpaired) electrons. The molecule has 0 rings (SSSR count). The number of hydrogen-bond acceptors (Lipinski definition) is 0. The van der Waals surface area contributed by atoms with Crippen molar-refractivity contribution >= 4 is 24.0 Å². The van der Waals surface area contributed by atoms with E-state index >= 15 is 0 Å². The molecule has 0 aliphatic rings. The fourth-order valence-corrected chi connectivity index (χ4v) is 4.38. The minimum atomic E-state index is -1.02. The zero-order chi connectivity index (χ0) is 9.99. The average Bonchev–Trinajstić information content (AvgIpc) is 1.84. The van der Waals surface area contributed by atoms with E-state index < -0.39 is 8.07 Å². The largest absolute Gasteiger partial charge is 0.0925 e. The van der Waals surface area contributed by atoms with E-state index in [0.29, 0.717) is 5.04 Å². The van der Waals surface area contributed by atoms with Crippen LogP contribution in [0.1, 0.15) is 27.7 Å². The van der Waals surface area contributed by atoms with Crippen LogP contribution in [0.2, 0.25) is 24.2 Å². The third-order valence-corrected chi connectivity index (χ3v) is 10.0. The van der Waals surface area contributed by atoms with E-state index in [0.717, 1.165) is 11.2 Å². The Labute approximate surface area is 87.3 Å². The molecule has 0 spiro atoms.